The fraction of sp³-hybridized carbons (Fsp3) is 0.714. The molecule has 0 bridgehead atoms. The first kappa shape index (κ1) is 20.8. The van der Waals surface area contributed by atoms with Gasteiger partial charge in [0.2, 0.25) is 0 Å². The van der Waals surface area contributed by atoms with Gasteiger partial charge in [-0.15, -0.1) is 0 Å². The number of aliphatic hydroxyl groups excluding tert-OH is 1. The highest BCUT2D eigenvalue weighted by molar-refractivity contribution is 7.99. The molecule has 0 unspecified atom stereocenters. The van der Waals surface area contributed by atoms with Crippen LogP contribution in [0.4, 0.5) is 0 Å². The molecule has 0 aromatic heterocycles. The van der Waals surface area contributed by atoms with Crippen molar-refractivity contribution in [2.45, 2.75) is 32.4 Å². The van der Waals surface area contributed by atoms with E-state index in [4.69, 9.17) is 9.47 Å². The van der Waals surface area contributed by atoms with E-state index in [-0.39, 0.29) is 0 Å². The summed E-state index contributed by atoms with van der Waals surface area (Å²) < 4.78 is 11.4. The zero-order chi connectivity index (χ0) is 19.1. The second kappa shape index (κ2) is 10.6. The van der Waals surface area contributed by atoms with Crippen LogP contribution in [0.25, 0.3) is 0 Å². The van der Waals surface area contributed by atoms with E-state index in [1.165, 1.54) is 31.5 Å². The topological polar surface area (TPSA) is 45.2 Å². The molecule has 0 radical (unpaired) electrons. The van der Waals surface area contributed by atoms with Crippen LogP contribution in [0.15, 0.2) is 18.2 Å². The highest BCUT2D eigenvalue weighted by Crippen LogP contribution is 2.29. The van der Waals surface area contributed by atoms with Crippen LogP contribution in [0.2, 0.25) is 0 Å². The molecule has 1 aromatic carbocycles. The fourth-order valence-electron chi connectivity index (χ4n) is 3.73. The Morgan fingerprint density at radius 3 is 2.56 bits per heavy atom. The summed E-state index contributed by atoms with van der Waals surface area (Å²) in [5, 5.41) is 10.3. The quantitative estimate of drug-likeness (QED) is 0.731. The van der Waals surface area contributed by atoms with Crippen LogP contribution in [-0.4, -0.2) is 79.0 Å². The summed E-state index contributed by atoms with van der Waals surface area (Å²) >= 11 is 1.98. The molecule has 1 aromatic rings. The van der Waals surface area contributed by atoms with Crippen molar-refractivity contribution in [2.24, 2.45) is 5.92 Å². The van der Waals surface area contributed by atoms with Gasteiger partial charge in [-0.05, 0) is 49.5 Å². The highest BCUT2D eigenvalue weighted by Gasteiger charge is 2.18. The van der Waals surface area contributed by atoms with Crippen LogP contribution in [0.1, 0.15) is 25.3 Å². The summed E-state index contributed by atoms with van der Waals surface area (Å²) in [6.45, 7) is 8.71. The lowest BCUT2D eigenvalue weighted by atomic mass is 9.99. The third-order valence-corrected chi connectivity index (χ3v) is 6.46. The number of piperidine rings is 1. The number of ether oxygens (including phenoxy) is 2. The predicted octanol–water partition coefficient (Wildman–Crippen LogP) is 2.72. The molecule has 0 aliphatic carbocycles. The average Bonchev–Trinajstić information content (AvgIpc) is 2.69. The number of hydrogen-bond acceptors (Lipinski definition) is 6. The molecule has 0 spiro atoms. The Kier molecular flexibility index (Phi) is 8.12. The van der Waals surface area contributed by atoms with Gasteiger partial charge in [0.1, 0.15) is 12.7 Å². The second-order valence-electron chi connectivity index (χ2n) is 7.82. The molecule has 5 nitrogen and oxygen atoms in total. The summed E-state index contributed by atoms with van der Waals surface area (Å²) in [7, 11) is 1.68. The van der Waals surface area contributed by atoms with E-state index in [9.17, 15) is 5.11 Å². The van der Waals surface area contributed by atoms with E-state index >= 15 is 0 Å². The van der Waals surface area contributed by atoms with Crippen molar-refractivity contribution in [3.63, 3.8) is 0 Å². The third-order valence-electron chi connectivity index (χ3n) is 5.51. The molecule has 152 valence electrons. The van der Waals surface area contributed by atoms with Crippen LogP contribution in [0.3, 0.4) is 0 Å². The van der Waals surface area contributed by atoms with Crippen LogP contribution in [0, 0.1) is 5.92 Å². The standard InChI is InChI=1S/C21H34N2O3S/c1-17-5-7-22(8-6-17)14-18-3-4-20(21(13-18)25-2)26-16-19(24)15-23-9-11-27-12-10-23/h3-4,13,17,19,24H,5-12,14-16H2,1-2H3/t19-/m1/s1. The van der Waals surface area contributed by atoms with Gasteiger partial charge in [-0.3, -0.25) is 9.80 Å². The van der Waals surface area contributed by atoms with Crippen LogP contribution in [-0.2, 0) is 6.54 Å². The number of β-amino-alcohol motifs (C(OH)–C–C–N with tert-alkyl or cyclic N) is 1. The molecule has 1 atom stereocenters. The first-order chi connectivity index (χ1) is 13.1. The monoisotopic (exact) mass is 394 g/mol. The molecule has 2 heterocycles. The Morgan fingerprint density at radius 1 is 1.11 bits per heavy atom. The van der Waals surface area contributed by atoms with Gasteiger partial charge < -0.3 is 14.6 Å². The van der Waals surface area contributed by atoms with Crippen molar-refractivity contribution < 1.29 is 14.6 Å². The van der Waals surface area contributed by atoms with E-state index in [2.05, 4.69) is 28.9 Å². The first-order valence-electron chi connectivity index (χ1n) is 10.1. The molecule has 6 heteroatoms. The van der Waals surface area contributed by atoms with Gasteiger partial charge in [-0.25, -0.2) is 0 Å². The Bertz CT molecular complexity index is 573. The van der Waals surface area contributed by atoms with E-state index in [1.807, 2.05) is 17.8 Å². The largest absolute Gasteiger partial charge is 0.493 e. The van der Waals surface area contributed by atoms with Gasteiger partial charge in [-0.1, -0.05) is 13.0 Å². The average molecular weight is 395 g/mol. The smallest absolute Gasteiger partial charge is 0.161 e. The number of aliphatic hydroxyl groups is 1. The summed E-state index contributed by atoms with van der Waals surface area (Å²) in [6, 6.07) is 6.16. The highest BCUT2D eigenvalue weighted by atomic mass is 32.2. The van der Waals surface area contributed by atoms with Crippen molar-refractivity contribution in [1.29, 1.82) is 0 Å². The van der Waals surface area contributed by atoms with Gasteiger partial charge in [-0.2, -0.15) is 11.8 Å². The molecule has 27 heavy (non-hydrogen) atoms. The maximum Gasteiger partial charge on any atom is 0.161 e. The van der Waals surface area contributed by atoms with Crippen molar-refractivity contribution in [1.82, 2.24) is 9.80 Å². The maximum absolute atomic E-state index is 10.3. The molecule has 2 aliphatic rings. The van der Waals surface area contributed by atoms with Crippen LogP contribution >= 0.6 is 11.8 Å². The molecule has 1 N–H and O–H groups in total. The first-order valence-corrected chi connectivity index (χ1v) is 11.3. The van der Waals surface area contributed by atoms with Gasteiger partial charge in [0.25, 0.3) is 0 Å². The number of thioether (sulfide) groups is 1. The minimum atomic E-state index is -0.479. The van der Waals surface area contributed by atoms with Crippen LogP contribution in [0.5, 0.6) is 11.5 Å². The lowest BCUT2D eigenvalue weighted by molar-refractivity contribution is 0.0704. The number of benzene rings is 1. The molecule has 0 saturated carbocycles. The SMILES string of the molecule is COc1cc(CN2CCC(C)CC2)ccc1OC[C@H](O)CN1CCSCC1. The van der Waals surface area contributed by atoms with E-state index in [0.29, 0.717) is 18.9 Å². The summed E-state index contributed by atoms with van der Waals surface area (Å²) in [5.74, 6) is 4.61. The molecule has 2 fully saturated rings. The van der Waals surface area contributed by atoms with Gasteiger partial charge in [0, 0.05) is 37.7 Å². The Labute approximate surface area is 168 Å². The summed E-state index contributed by atoms with van der Waals surface area (Å²) in [5.41, 5.74) is 1.25. The fourth-order valence-corrected chi connectivity index (χ4v) is 4.71. The molecular weight excluding hydrogens is 360 g/mol. The van der Waals surface area contributed by atoms with Crippen molar-refractivity contribution >= 4 is 11.8 Å². The molecule has 3 rings (SSSR count). The van der Waals surface area contributed by atoms with Gasteiger partial charge >= 0.3 is 0 Å². The normalized spacial score (nSPS) is 21.1. The van der Waals surface area contributed by atoms with Gasteiger partial charge in [0.15, 0.2) is 11.5 Å². The Balaban J connectivity index is 1.49. The maximum atomic E-state index is 10.3. The number of rotatable bonds is 8. The number of nitrogens with zero attached hydrogens (tertiary/aromatic N) is 2. The van der Waals surface area contributed by atoms with Crippen molar-refractivity contribution in [3.05, 3.63) is 23.8 Å². The van der Waals surface area contributed by atoms with Gasteiger partial charge in [0.05, 0.1) is 7.11 Å². The Morgan fingerprint density at radius 2 is 1.85 bits per heavy atom. The summed E-state index contributed by atoms with van der Waals surface area (Å²) in [4.78, 5) is 4.82. The number of hydrogen-bond donors (Lipinski definition) is 1. The minimum Gasteiger partial charge on any atom is -0.493 e. The van der Waals surface area contributed by atoms with Crippen molar-refractivity contribution in [2.75, 3.05) is 57.9 Å². The zero-order valence-electron chi connectivity index (χ0n) is 16.7. The molecule has 2 saturated heterocycles. The van der Waals surface area contributed by atoms with Crippen LogP contribution < -0.4 is 9.47 Å². The van der Waals surface area contributed by atoms with E-state index < -0.39 is 6.10 Å². The lowest BCUT2D eigenvalue weighted by Gasteiger charge is -2.30. The molecule has 2 aliphatic heterocycles. The van der Waals surface area contributed by atoms with E-state index in [1.54, 1.807) is 7.11 Å². The van der Waals surface area contributed by atoms with Crippen molar-refractivity contribution in [3.8, 4) is 11.5 Å². The zero-order valence-corrected chi connectivity index (χ0v) is 17.5. The predicted molar refractivity (Wildman–Crippen MR) is 112 cm³/mol. The minimum absolute atomic E-state index is 0.295. The molecule has 0 amide bonds. The van der Waals surface area contributed by atoms with E-state index in [0.717, 1.165) is 42.8 Å². The lowest BCUT2D eigenvalue weighted by Crippen LogP contribution is -2.40. The Hall–Kier alpha value is -0.950. The molecular formula is C21H34N2O3S. The number of likely N-dealkylation sites (tertiary alicyclic amines) is 1. The number of methoxy groups -OCH3 is 1. The third kappa shape index (κ3) is 6.56. The second-order valence-corrected chi connectivity index (χ2v) is 9.05. The summed E-state index contributed by atoms with van der Waals surface area (Å²) in [6.07, 6.45) is 2.09.